The molecule has 1 heterocycles. The number of nitrogens with one attached hydrogen (secondary N) is 1. The zero-order valence-corrected chi connectivity index (χ0v) is 17.9. The van der Waals surface area contributed by atoms with Crippen LogP contribution in [0.1, 0.15) is 34.3 Å². The number of nitriles is 1. The first kappa shape index (κ1) is 21.5. The molecular weight excluding hydrogens is 400 g/mol. The Bertz CT molecular complexity index is 1190. The zero-order chi connectivity index (χ0) is 22.6. The highest BCUT2D eigenvalue weighted by Gasteiger charge is 2.39. The van der Waals surface area contributed by atoms with Gasteiger partial charge in [0.15, 0.2) is 0 Å². The minimum atomic E-state index is -0.887. The maximum Gasteiger partial charge on any atom is 0.249 e. The number of likely N-dealkylation sites (tertiary alicyclic amines) is 1. The molecule has 0 aliphatic carbocycles. The van der Waals surface area contributed by atoms with E-state index in [4.69, 9.17) is 5.73 Å². The average molecular weight is 427 g/mol. The van der Waals surface area contributed by atoms with Crippen LogP contribution in [0.5, 0.6) is 0 Å². The van der Waals surface area contributed by atoms with Crippen LogP contribution in [-0.4, -0.2) is 35.3 Å². The minimum Gasteiger partial charge on any atom is -0.366 e. The highest BCUT2D eigenvalue weighted by Crippen LogP contribution is 2.25. The summed E-state index contributed by atoms with van der Waals surface area (Å²) in [4.78, 5) is 27.1. The largest absolute Gasteiger partial charge is 0.366 e. The first-order chi connectivity index (χ1) is 15.5. The van der Waals surface area contributed by atoms with Gasteiger partial charge in [-0.15, -0.1) is 0 Å². The van der Waals surface area contributed by atoms with E-state index in [-0.39, 0.29) is 12.3 Å². The van der Waals surface area contributed by atoms with Crippen LogP contribution in [0.4, 0.5) is 0 Å². The Labute approximate surface area is 187 Å². The molecule has 2 amide bonds. The van der Waals surface area contributed by atoms with Crippen LogP contribution in [0.25, 0.3) is 10.8 Å². The number of rotatable bonds is 7. The minimum absolute atomic E-state index is 0.181. The van der Waals surface area contributed by atoms with Crippen molar-refractivity contribution in [1.29, 1.82) is 5.26 Å². The Morgan fingerprint density at radius 1 is 1.06 bits per heavy atom. The Hall–Kier alpha value is -3.69. The van der Waals surface area contributed by atoms with E-state index in [0.29, 0.717) is 24.9 Å². The standard InChI is InChI=1S/C26H26N4O2/c27-17-26(14-15-30(18-26)16-19-6-2-1-3-7-19)29-23(31)13-12-21-11-10-20-8-4-5-9-22(20)24(21)25(28)32/h1-11H,12-16,18H2,(H2,28,32)(H,29,31). The van der Waals surface area contributed by atoms with Gasteiger partial charge < -0.3 is 11.1 Å². The Balaban J connectivity index is 1.41. The molecule has 1 saturated heterocycles. The molecule has 3 aromatic carbocycles. The lowest BCUT2D eigenvalue weighted by molar-refractivity contribution is -0.122. The number of carbonyl (C=O) groups is 2. The van der Waals surface area contributed by atoms with Crippen molar-refractivity contribution in [2.45, 2.75) is 31.3 Å². The van der Waals surface area contributed by atoms with Crippen LogP contribution >= 0.6 is 0 Å². The molecule has 0 aromatic heterocycles. The van der Waals surface area contributed by atoms with Gasteiger partial charge in [0.05, 0.1) is 11.6 Å². The second kappa shape index (κ2) is 9.21. The molecule has 3 N–H and O–H groups in total. The van der Waals surface area contributed by atoms with Gasteiger partial charge in [0, 0.05) is 26.1 Å². The lowest BCUT2D eigenvalue weighted by Gasteiger charge is -2.23. The smallest absolute Gasteiger partial charge is 0.249 e. The molecule has 1 atom stereocenters. The fourth-order valence-corrected chi connectivity index (χ4v) is 4.48. The Kier molecular flexibility index (Phi) is 6.20. The molecule has 1 fully saturated rings. The predicted molar refractivity (Wildman–Crippen MR) is 124 cm³/mol. The Morgan fingerprint density at radius 3 is 2.56 bits per heavy atom. The number of nitrogens with zero attached hydrogens (tertiary/aromatic N) is 2. The summed E-state index contributed by atoms with van der Waals surface area (Å²) >= 11 is 0. The van der Waals surface area contributed by atoms with Crippen LogP contribution in [0, 0.1) is 11.3 Å². The topological polar surface area (TPSA) is 99.2 Å². The lowest BCUT2D eigenvalue weighted by atomic mass is 9.95. The van der Waals surface area contributed by atoms with E-state index in [9.17, 15) is 14.9 Å². The van der Waals surface area contributed by atoms with Crippen molar-refractivity contribution in [3.63, 3.8) is 0 Å². The molecule has 162 valence electrons. The highest BCUT2D eigenvalue weighted by molar-refractivity contribution is 6.07. The first-order valence-corrected chi connectivity index (χ1v) is 10.8. The average Bonchev–Trinajstić information content (AvgIpc) is 3.20. The summed E-state index contributed by atoms with van der Waals surface area (Å²) < 4.78 is 0. The molecule has 0 radical (unpaired) electrons. The van der Waals surface area contributed by atoms with E-state index >= 15 is 0 Å². The van der Waals surface area contributed by atoms with E-state index in [2.05, 4.69) is 28.4 Å². The summed E-state index contributed by atoms with van der Waals surface area (Å²) in [6.45, 7) is 1.99. The second-order valence-corrected chi connectivity index (χ2v) is 8.37. The number of amides is 2. The van der Waals surface area contributed by atoms with Crippen molar-refractivity contribution in [1.82, 2.24) is 10.2 Å². The van der Waals surface area contributed by atoms with Crippen molar-refractivity contribution in [2.24, 2.45) is 5.73 Å². The normalized spacial score (nSPS) is 18.3. The number of nitrogens with two attached hydrogens (primary N) is 1. The lowest BCUT2D eigenvalue weighted by Crippen LogP contribution is -2.49. The molecular formula is C26H26N4O2. The number of hydrogen-bond donors (Lipinski definition) is 2. The van der Waals surface area contributed by atoms with Gasteiger partial charge in [-0.1, -0.05) is 66.7 Å². The van der Waals surface area contributed by atoms with E-state index in [1.165, 1.54) is 5.56 Å². The van der Waals surface area contributed by atoms with Gasteiger partial charge in [0.25, 0.3) is 0 Å². The van der Waals surface area contributed by atoms with Gasteiger partial charge in [0.1, 0.15) is 5.54 Å². The Morgan fingerprint density at radius 2 is 1.81 bits per heavy atom. The van der Waals surface area contributed by atoms with E-state index in [0.717, 1.165) is 29.4 Å². The zero-order valence-electron chi connectivity index (χ0n) is 17.9. The maximum atomic E-state index is 12.7. The second-order valence-electron chi connectivity index (χ2n) is 8.37. The molecule has 1 aliphatic heterocycles. The van der Waals surface area contributed by atoms with Gasteiger partial charge in [-0.3, -0.25) is 14.5 Å². The number of aryl methyl sites for hydroxylation is 1. The molecule has 4 rings (SSSR count). The SMILES string of the molecule is N#CC1(NC(=O)CCc2ccc3ccccc3c2C(N)=O)CCN(Cc2ccccc2)C1. The molecule has 0 bridgehead atoms. The van der Waals surface area contributed by atoms with E-state index in [1.54, 1.807) is 0 Å². The van der Waals surface area contributed by atoms with Crippen LogP contribution < -0.4 is 11.1 Å². The van der Waals surface area contributed by atoms with E-state index < -0.39 is 11.4 Å². The summed E-state index contributed by atoms with van der Waals surface area (Å²) in [6.07, 6.45) is 1.15. The number of fused-ring (bicyclic) bond motifs is 1. The molecule has 1 unspecified atom stereocenters. The third kappa shape index (κ3) is 4.63. The quantitative estimate of drug-likeness (QED) is 0.606. The van der Waals surface area contributed by atoms with Crippen molar-refractivity contribution in [2.75, 3.05) is 13.1 Å². The summed E-state index contributed by atoms with van der Waals surface area (Å²) in [5.74, 6) is -0.699. The summed E-state index contributed by atoms with van der Waals surface area (Å²) in [5, 5.41) is 14.5. The molecule has 32 heavy (non-hydrogen) atoms. The summed E-state index contributed by atoms with van der Waals surface area (Å²) in [6, 6.07) is 23.8. The fourth-order valence-electron chi connectivity index (χ4n) is 4.48. The van der Waals surface area contributed by atoms with Gasteiger partial charge >= 0.3 is 0 Å². The van der Waals surface area contributed by atoms with Crippen LogP contribution in [-0.2, 0) is 17.8 Å². The molecule has 3 aromatic rings. The maximum absolute atomic E-state index is 12.7. The molecule has 6 nitrogen and oxygen atoms in total. The van der Waals surface area contributed by atoms with Crippen LogP contribution in [0.2, 0.25) is 0 Å². The molecule has 0 spiro atoms. The highest BCUT2D eigenvalue weighted by atomic mass is 16.2. The number of primary amides is 1. The van der Waals surface area contributed by atoms with Gasteiger partial charge in [-0.05, 0) is 34.7 Å². The van der Waals surface area contributed by atoms with Crippen molar-refractivity contribution in [3.8, 4) is 6.07 Å². The van der Waals surface area contributed by atoms with E-state index in [1.807, 2.05) is 54.6 Å². The number of carbonyl (C=O) groups excluding carboxylic acids is 2. The summed E-state index contributed by atoms with van der Waals surface area (Å²) in [5.41, 5.74) is 7.15. The monoisotopic (exact) mass is 426 g/mol. The third-order valence-corrected chi connectivity index (χ3v) is 6.07. The summed E-state index contributed by atoms with van der Waals surface area (Å²) in [7, 11) is 0. The number of hydrogen-bond acceptors (Lipinski definition) is 4. The van der Waals surface area contributed by atoms with Crippen molar-refractivity contribution >= 4 is 22.6 Å². The van der Waals surface area contributed by atoms with Crippen LogP contribution in [0.15, 0.2) is 66.7 Å². The van der Waals surface area contributed by atoms with Gasteiger partial charge in [-0.25, -0.2) is 0 Å². The number of benzene rings is 3. The van der Waals surface area contributed by atoms with Gasteiger partial charge in [0.2, 0.25) is 11.8 Å². The predicted octanol–water partition coefficient (Wildman–Crippen LogP) is 3.16. The fraction of sp³-hybridized carbons (Fsp3) is 0.269. The van der Waals surface area contributed by atoms with Crippen molar-refractivity contribution < 1.29 is 9.59 Å². The third-order valence-electron chi connectivity index (χ3n) is 6.07. The van der Waals surface area contributed by atoms with Gasteiger partial charge in [-0.2, -0.15) is 5.26 Å². The molecule has 6 heteroatoms. The molecule has 1 aliphatic rings. The van der Waals surface area contributed by atoms with Crippen LogP contribution in [0.3, 0.4) is 0 Å². The molecule has 0 saturated carbocycles. The first-order valence-electron chi connectivity index (χ1n) is 10.8. The van der Waals surface area contributed by atoms with Crippen molar-refractivity contribution in [3.05, 3.63) is 83.4 Å².